The van der Waals surface area contributed by atoms with Gasteiger partial charge in [0.2, 0.25) is 15.8 Å². The summed E-state index contributed by atoms with van der Waals surface area (Å²) in [6, 6.07) is 17.8. The molecule has 2 aromatic carbocycles. The zero-order chi connectivity index (χ0) is 28.0. The van der Waals surface area contributed by atoms with Crippen molar-refractivity contribution in [3.63, 3.8) is 0 Å². The van der Waals surface area contributed by atoms with Gasteiger partial charge in [-0.3, -0.25) is 0 Å². The lowest BCUT2D eigenvalue weighted by molar-refractivity contribution is -0.513. The standard InChI is InChI=1S/C35H43N4S2/c1-3-36-22-24-40-34(36)18-16-28-26-38(32-14-8-6-12-30(28)32)20-10-5-11-21-39-27-29(31-13-7-9-15-33(31)39)17-19-35-37(4-2)23-25-41-35/h6-9,12-19,26-28H,3-5,10-11,20-25H2,1-2H3/q+3/b18-16+. The first-order valence-electron chi connectivity index (χ1n) is 15.4. The van der Waals surface area contributed by atoms with Gasteiger partial charge in [-0.05, 0) is 38.8 Å². The Morgan fingerprint density at radius 1 is 0.829 bits per heavy atom. The van der Waals surface area contributed by atoms with Crippen molar-refractivity contribution in [3.05, 3.63) is 84.1 Å². The van der Waals surface area contributed by atoms with Gasteiger partial charge in [-0.25, -0.2) is 13.7 Å². The lowest BCUT2D eigenvalue weighted by atomic mass is 10.0. The predicted molar refractivity (Wildman–Crippen MR) is 180 cm³/mol. The fraction of sp³-hybridized carbons (Fsp3) is 0.400. The van der Waals surface area contributed by atoms with E-state index in [0.717, 1.165) is 32.7 Å². The van der Waals surface area contributed by atoms with Gasteiger partial charge in [0.25, 0.3) is 0 Å². The summed E-state index contributed by atoms with van der Waals surface area (Å²) in [6.07, 6.45) is 17.8. The van der Waals surface area contributed by atoms with E-state index in [-0.39, 0.29) is 0 Å². The zero-order valence-corrected chi connectivity index (χ0v) is 26.2. The van der Waals surface area contributed by atoms with Gasteiger partial charge in [-0.2, -0.15) is 0 Å². The quantitative estimate of drug-likeness (QED) is 0.165. The molecule has 3 aliphatic rings. The van der Waals surface area contributed by atoms with Crippen molar-refractivity contribution in [2.75, 3.05) is 44.2 Å². The zero-order valence-electron chi connectivity index (χ0n) is 24.5. The highest BCUT2D eigenvalue weighted by molar-refractivity contribution is 8.14. The third-order valence-corrected chi connectivity index (χ3v) is 10.7. The molecule has 212 valence electrons. The molecule has 0 radical (unpaired) electrons. The van der Waals surface area contributed by atoms with Crippen molar-refractivity contribution in [1.82, 2.24) is 4.57 Å². The van der Waals surface area contributed by atoms with Gasteiger partial charge in [0.1, 0.15) is 19.6 Å². The van der Waals surface area contributed by atoms with Crippen LogP contribution in [0.15, 0.2) is 73.0 Å². The van der Waals surface area contributed by atoms with Crippen molar-refractivity contribution < 1.29 is 13.7 Å². The fourth-order valence-corrected chi connectivity index (χ4v) is 8.46. The molecule has 6 heteroatoms. The fourth-order valence-electron chi connectivity index (χ4n) is 6.27. The van der Waals surface area contributed by atoms with E-state index in [2.05, 4.69) is 117 Å². The van der Waals surface area contributed by atoms with E-state index in [1.165, 1.54) is 75.1 Å². The molecule has 0 saturated heterocycles. The number of unbranched alkanes of at least 4 members (excludes halogenated alkanes) is 2. The first-order valence-corrected chi connectivity index (χ1v) is 17.4. The van der Waals surface area contributed by atoms with Crippen LogP contribution >= 0.6 is 23.5 Å². The maximum absolute atomic E-state index is 2.50. The normalized spacial score (nSPS) is 19.1. The summed E-state index contributed by atoms with van der Waals surface area (Å²) < 4.78 is 9.93. The number of hydrogen-bond donors (Lipinski definition) is 0. The van der Waals surface area contributed by atoms with Crippen LogP contribution in [0.4, 0.5) is 5.69 Å². The van der Waals surface area contributed by atoms with E-state index >= 15 is 0 Å². The Bertz CT molecular complexity index is 1560. The average molecular weight is 584 g/mol. The average Bonchev–Trinajstić information content (AvgIpc) is 3.80. The van der Waals surface area contributed by atoms with E-state index in [1.807, 2.05) is 23.5 Å². The SMILES string of the molecule is CC[N+]1=C(/C=C/c2cn(CCCCC[N+]3=CC(/C=C/C4=[N+](CC)CCS4)c4ccccc43)c3ccccc23)SCC1. The molecule has 1 atom stereocenters. The Kier molecular flexibility index (Phi) is 9.27. The van der Waals surface area contributed by atoms with E-state index in [1.54, 1.807) is 0 Å². The molecular formula is C35H43N4S2+3. The minimum absolute atomic E-state index is 0.363. The predicted octanol–water partition coefficient (Wildman–Crippen LogP) is 7.25. The highest BCUT2D eigenvalue weighted by Gasteiger charge is 2.29. The topological polar surface area (TPSA) is 14.0 Å². The molecule has 0 fully saturated rings. The van der Waals surface area contributed by atoms with Crippen LogP contribution in [-0.2, 0) is 6.54 Å². The Morgan fingerprint density at radius 2 is 1.56 bits per heavy atom. The second-order valence-electron chi connectivity index (χ2n) is 11.0. The summed E-state index contributed by atoms with van der Waals surface area (Å²) in [6.45, 7) is 11.2. The molecule has 0 aliphatic carbocycles. The molecule has 41 heavy (non-hydrogen) atoms. The molecule has 4 nitrogen and oxygen atoms in total. The third kappa shape index (κ3) is 6.34. The number of aryl methyl sites for hydroxylation is 1. The summed E-state index contributed by atoms with van der Waals surface area (Å²) >= 11 is 3.96. The number of hydrogen-bond acceptors (Lipinski definition) is 2. The molecule has 0 spiro atoms. The van der Waals surface area contributed by atoms with E-state index in [0.29, 0.717) is 5.92 Å². The summed E-state index contributed by atoms with van der Waals surface area (Å²) in [5.41, 5.74) is 5.49. The van der Waals surface area contributed by atoms with E-state index < -0.39 is 0 Å². The first-order chi connectivity index (χ1) is 20.2. The number of para-hydroxylation sites is 2. The lowest BCUT2D eigenvalue weighted by Gasteiger charge is -2.05. The molecule has 0 N–H and O–H groups in total. The van der Waals surface area contributed by atoms with Gasteiger partial charge >= 0.3 is 0 Å². The number of aromatic nitrogens is 1. The van der Waals surface area contributed by atoms with Gasteiger partial charge in [0, 0.05) is 59.4 Å². The molecule has 1 unspecified atom stereocenters. The molecule has 0 bridgehead atoms. The Hall–Kier alpha value is -2.83. The Labute approximate surface area is 253 Å². The van der Waals surface area contributed by atoms with E-state index in [9.17, 15) is 0 Å². The Balaban J connectivity index is 1.07. The maximum Gasteiger partial charge on any atom is 0.234 e. The molecule has 4 heterocycles. The highest BCUT2D eigenvalue weighted by atomic mass is 32.2. The monoisotopic (exact) mass is 583 g/mol. The lowest BCUT2D eigenvalue weighted by Crippen LogP contribution is -2.13. The van der Waals surface area contributed by atoms with E-state index in [4.69, 9.17) is 0 Å². The molecule has 0 amide bonds. The van der Waals surface area contributed by atoms with Crippen LogP contribution in [-0.4, -0.2) is 78.8 Å². The van der Waals surface area contributed by atoms with Crippen molar-refractivity contribution in [2.24, 2.45) is 0 Å². The Morgan fingerprint density at radius 3 is 2.37 bits per heavy atom. The van der Waals surface area contributed by atoms with Crippen LogP contribution in [0.25, 0.3) is 17.0 Å². The van der Waals surface area contributed by atoms with Crippen LogP contribution < -0.4 is 0 Å². The smallest absolute Gasteiger partial charge is 0.234 e. The van der Waals surface area contributed by atoms with Gasteiger partial charge in [-0.15, -0.1) is 0 Å². The number of nitrogens with zero attached hydrogens (tertiary/aromatic N) is 4. The summed E-state index contributed by atoms with van der Waals surface area (Å²) in [4.78, 5) is 0. The van der Waals surface area contributed by atoms with Gasteiger partial charge < -0.3 is 4.57 Å². The molecule has 0 saturated carbocycles. The summed E-state index contributed by atoms with van der Waals surface area (Å²) in [5.74, 6) is 2.77. The number of thioether (sulfide) groups is 2. The van der Waals surface area contributed by atoms with Gasteiger partial charge in [0.15, 0.2) is 19.3 Å². The van der Waals surface area contributed by atoms with Crippen LogP contribution in [0.3, 0.4) is 0 Å². The summed E-state index contributed by atoms with van der Waals surface area (Å²) in [5, 5.41) is 4.18. The summed E-state index contributed by atoms with van der Waals surface area (Å²) in [7, 11) is 0. The number of allylic oxidation sites excluding steroid dienone is 1. The molecule has 1 aromatic heterocycles. The van der Waals surface area contributed by atoms with Crippen molar-refractivity contribution in [2.45, 2.75) is 45.6 Å². The molecular weight excluding hydrogens is 541 g/mol. The van der Waals surface area contributed by atoms with Crippen molar-refractivity contribution >= 4 is 62.5 Å². The first kappa shape index (κ1) is 28.3. The third-order valence-electron chi connectivity index (χ3n) is 8.52. The second-order valence-corrected chi connectivity index (χ2v) is 13.2. The minimum Gasteiger partial charge on any atom is -0.347 e. The second kappa shape index (κ2) is 13.4. The van der Waals surface area contributed by atoms with Crippen molar-refractivity contribution in [3.8, 4) is 0 Å². The maximum atomic E-state index is 2.50. The minimum atomic E-state index is 0.363. The van der Waals surface area contributed by atoms with Crippen LogP contribution in [0, 0.1) is 0 Å². The van der Waals surface area contributed by atoms with Crippen LogP contribution in [0.2, 0.25) is 0 Å². The number of benzene rings is 2. The number of rotatable bonds is 12. The van der Waals surface area contributed by atoms with Crippen LogP contribution in [0.1, 0.15) is 50.2 Å². The highest BCUT2D eigenvalue weighted by Crippen LogP contribution is 2.33. The largest absolute Gasteiger partial charge is 0.347 e. The molecule has 3 aromatic rings. The number of fused-ring (bicyclic) bond motifs is 2. The molecule has 3 aliphatic heterocycles. The van der Waals surface area contributed by atoms with Crippen molar-refractivity contribution in [1.29, 1.82) is 0 Å². The van der Waals surface area contributed by atoms with Gasteiger partial charge in [-0.1, -0.05) is 66.0 Å². The van der Waals surface area contributed by atoms with Crippen LogP contribution in [0.5, 0.6) is 0 Å². The molecule has 6 rings (SSSR count). The van der Waals surface area contributed by atoms with Gasteiger partial charge in [0.05, 0.1) is 17.4 Å².